The number of benzene rings is 1. The fourth-order valence-electron chi connectivity index (χ4n) is 11.2. The normalized spacial score (nSPS) is 46.3. The molecule has 0 saturated heterocycles. The van der Waals surface area contributed by atoms with Gasteiger partial charge in [0.25, 0.3) is 0 Å². The van der Waals surface area contributed by atoms with Crippen molar-refractivity contribution in [3.05, 3.63) is 24.0 Å². The lowest BCUT2D eigenvalue weighted by Gasteiger charge is -2.64. The van der Waals surface area contributed by atoms with Crippen LogP contribution in [0.1, 0.15) is 77.6 Å². The van der Waals surface area contributed by atoms with Crippen molar-refractivity contribution in [2.24, 2.45) is 46.3 Å². The summed E-state index contributed by atoms with van der Waals surface area (Å²) in [4.78, 5) is 16.0. The second-order valence-electron chi connectivity index (χ2n) is 14.0. The molecule has 5 saturated carbocycles. The van der Waals surface area contributed by atoms with Crippen LogP contribution in [0.25, 0.3) is 0 Å². The molecular weight excluding hydrogens is 513 g/mol. The summed E-state index contributed by atoms with van der Waals surface area (Å²) in [5.74, 6) is 3.22. The molecule has 214 valence electrons. The molecule has 1 aromatic rings. The molecule has 7 rings (SSSR count). The van der Waals surface area contributed by atoms with E-state index in [4.69, 9.17) is 4.74 Å². The summed E-state index contributed by atoms with van der Waals surface area (Å²) in [6.45, 7) is 2.45. The van der Waals surface area contributed by atoms with Gasteiger partial charge in [-0.05, 0) is 123 Å². The zero-order valence-corrected chi connectivity index (χ0v) is 24.2. The molecular formula is C32H44FNO4S. The highest BCUT2D eigenvalue weighted by atomic mass is 32.2. The molecule has 0 unspecified atom stereocenters. The monoisotopic (exact) mass is 557 g/mol. The predicted octanol–water partition coefficient (Wildman–Crippen LogP) is 6.01. The van der Waals surface area contributed by atoms with Crippen molar-refractivity contribution >= 4 is 23.4 Å². The standard InChI is InChI=1S/C32H44FNO4S/c1-31-11-10-21(35)13-19(31)14-26(36)30-23-6-5-22-18(9-12-32(22,23)28(38-2)16-24(30)31)3-8-29(37)34-17-39-27-15-20(33)4-7-25(27)34/h4,7,15,18-19,21-24,26,28,30,35-36H,3,5-6,8-14,16-17H2,1-2H3/t18-,19-,21+,22+,23-,24-,26+,28-,30-,31-,32+/m0/s1. The van der Waals surface area contributed by atoms with Crippen LogP contribution in [0.3, 0.4) is 0 Å². The van der Waals surface area contributed by atoms with Crippen LogP contribution in [-0.4, -0.2) is 47.4 Å². The van der Waals surface area contributed by atoms with E-state index in [9.17, 15) is 19.4 Å². The third kappa shape index (κ3) is 3.92. The van der Waals surface area contributed by atoms with E-state index in [1.165, 1.54) is 30.3 Å². The average Bonchev–Trinajstić information content (AvgIpc) is 3.60. The Morgan fingerprint density at radius 2 is 1.92 bits per heavy atom. The zero-order valence-electron chi connectivity index (χ0n) is 23.4. The molecule has 6 aliphatic rings. The van der Waals surface area contributed by atoms with Gasteiger partial charge in [0.2, 0.25) is 5.91 Å². The van der Waals surface area contributed by atoms with Gasteiger partial charge in [0.15, 0.2) is 0 Å². The molecule has 1 heterocycles. The maximum atomic E-state index is 13.7. The van der Waals surface area contributed by atoms with Gasteiger partial charge in [-0.15, -0.1) is 11.8 Å². The highest BCUT2D eigenvalue weighted by Crippen LogP contribution is 2.72. The minimum atomic E-state index is -0.282. The summed E-state index contributed by atoms with van der Waals surface area (Å²) in [5, 5.41) is 22.0. The van der Waals surface area contributed by atoms with Crippen LogP contribution < -0.4 is 4.90 Å². The van der Waals surface area contributed by atoms with Gasteiger partial charge in [0.05, 0.1) is 29.9 Å². The van der Waals surface area contributed by atoms with E-state index in [1.54, 1.807) is 6.07 Å². The molecule has 0 radical (unpaired) electrons. The number of hydrogen-bond donors (Lipinski definition) is 2. The lowest BCUT2D eigenvalue weighted by Crippen LogP contribution is -2.62. The molecule has 5 fully saturated rings. The van der Waals surface area contributed by atoms with Crippen molar-refractivity contribution in [3.63, 3.8) is 0 Å². The molecule has 11 atom stereocenters. The number of ether oxygens (including phenoxy) is 1. The topological polar surface area (TPSA) is 70.0 Å². The SMILES string of the molecule is CO[C@H]1C[C@H]2[C@@H]([C@H](O)C[C@@H]3C[C@H](O)CC[C@@]32C)[C@@H]2CC[C@@H]3[C@@H](CCC(=O)N4CSc5cc(F)ccc54)CC[C@@]132. The summed E-state index contributed by atoms with van der Waals surface area (Å²) in [6.07, 6.45) is 10.4. The molecule has 7 heteroatoms. The van der Waals surface area contributed by atoms with Gasteiger partial charge in [0, 0.05) is 23.8 Å². The molecule has 39 heavy (non-hydrogen) atoms. The molecule has 0 aromatic heterocycles. The fraction of sp³-hybridized carbons (Fsp3) is 0.781. The number of carbonyl (C=O) groups is 1. The second kappa shape index (κ2) is 9.71. The summed E-state index contributed by atoms with van der Waals surface area (Å²) >= 11 is 1.54. The van der Waals surface area contributed by atoms with Crippen molar-refractivity contribution in [2.75, 3.05) is 17.9 Å². The number of thioether (sulfide) groups is 1. The van der Waals surface area contributed by atoms with E-state index in [1.807, 2.05) is 12.0 Å². The van der Waals surface area contributed by atoms with Crippen LogP contribution >= 0.6 is 11.8 Å². The van der Waals surface area contributed by atoms with E-state index in [-0.39, 0.29) is 40.9 Å². The van der Waals surface area contributed by atoms with Crippen LogP contribution in [0.4, 0.5) is 10.1 Å². The lowest BCUT2D eigenvalue weighted by molar-refractivity contribution is -0.211. The third-order valence-corrected chi connectivity index (χ3v) is 13.9. The highest BCUT2D eigenvalue weighted by molar-refractivity contribution is 8.00. The zero-order chi connectivity index (χ0) is 27.1. The number of nitrogens with zero attached hydrogens (tertiary/aromatic N) is 1. The number of hydrogen-bond acceptors (Lipinski definition) is 5. The Balaban J connectivity index is 1.09. The Morgan fingerprint density at radius 1 is 1.10 bits per heavy atom. The maximum Gasteiger partial charge on any atom is 0.227 e. The van der Waals surface area contributed by atoms with Crippen molar-refractivity contribution in [1.82, 2.24) is 0 Å². The summed E-state index contributed by atoms with van der Waals surface area (Å²) in [5.41, 5.74) is 1.15. The van der Waals surface area contributed by atoms with E-state index < -0.39 is 0 Å². The number of rotatable bonds is 4. The Bertz CT molecular complexity index is 1130. The fourth-order valence-corrected chi connectivity index (χ4v) is 12.3. The first-order valence-electron chi connectivity index (χ1n) is 15.4. The number of halogens is 1. The largest absolute Gasteiger partial charge is 0.393 e. The number of aliphatic hydroxyl groups is 2. The number of carbonyl (C=O) groups excluding carboxylic acids is 1. The lowest BCUT2D eigenvalue weighted by atomic mass is 9.43. The van der Waals surface area contributed by atoms with Crippen LogP contribution in [0.15, 0.2) is 23.1 Å². The predicted molar refractivity (Wildman–Crippen MR) is 150 cm³/mol. The van der Waals surface area contributed by atoms with Crippen molar-refractivity contribution in [2.45, 2.75) is 101 Å². The van der Waals surface area contributed by atoms with Gasteiger partial charge in [-0.1, -0.05) is 6.92 Å². The molecule has 1 aliphatic heterocycles. The van der Waals surface area contributed by atoms with Crippen LogP contribution in [0, 0.1) is 52.2 Å². The first kappa shape index (κ1) is 26.7. The van der Waals surface area contributed by atoms with Gasteiger partial charge < -0.3 is 19.8 Å². The number of fused-ring (bicyclic) bond motifs is 5. The second-order valence-corrected chi connectivity index (χ2v) is 15.0. The summed E-state index contributed by atoms with van der Waals surface area (Å²) in [7, 11) is 1.90. The Kier molecular flexibility index (Phi) is 6.65. The first-order valence-corrected chi connectivity index (χ1v) is 16.4. The number of anilines is 1. The molecule has 2 N–H and O–H groups in total. The Hall–Kier alpha value is -1.15. The number of amides is 1. The highest BCUT2D eigenvalue weighted by Gasteiger charge is 2.69. The molecule has 1 amide bonds. The van der Waals surface area contributed by atoms with E-state index in [0.717, 1.165) is 68.4 Å². The van der Waals surface area contributed by atoms with E-state index >= 15 is 0 Å². The van der Waals surface area contributed by atoms with Gasteiger partial charge >= 0.3 is 0 Å². The average molecular weight is 558 g/mol. The minimum Gasteiger partial charge on any atom is -0.393 e. The molecule has 1 spiro atoms. The molecule has 5 aliphatic carbocycles. The molecule has 1 aromatic carbocycles. The smallest absolute Gasteiger partial charge is 0.227 e. The number of aliphatic hydroxyl groups excluding tert-OH is 2. The van der Waals surface area contributed by atoms with Crippen molar-refractivity contribution in [1.29, 1.82) is 0 Å². The molecule has 0 bridgehead atoms. The van der Waals surface area contributed by atoms with Gasteiger partial charge in [-0.2, -0.15) is 0 Å². The Morgan fingerprint density at radius 3 is 2.74 bits per heavy atom. The van der Waals surface area contributed by atoms with Gasteiger partial charge in [0.1, 0.15) is 5.82 Å². The first-order chi connectivity index (χ1) is 18.8. The summed E-state index contributed by atoms with van der Waals surface area (Å²) in [6, 6.07) is 4.72. The van der Waals surface area contributed by atoms with E-state index in [2.05, 4.69) is 6.92 Å². The maximum absolute atomic E-state index is 13.7. The third-order valence-electron chi connectivity index (χ3n) is 12.9. The number of methoxy groups -OCH3 is 1. The van der Waals surface area contributed by atoms with Crippen LogP contribution in [-0.2, 0) is 9.53 Å². The minimum absolute atomic E-state index is 0.121. The van der Waals surface area contributed by atoms with Gasteiger partial charge in [-0.3, -0.25) is 4.79 Å². The van der Waals surface area contributed by atoms with Crippen molar-refractivity contribution in [3.8, 4) is 0 Å². The van der Waals surface area contributed by atoms with E-state index in [0.29, 0.717) is 47.8 Å². The summed E-state index contributed by atoms with van der Waals surface area (Å²) < 4.78 is 20.1. The van der Waals surface area contributed by atoms with Crippen molar-refractivity contribution < 1.29 is 24.1 Å². The van der Waals surface area contributed by atoms with Crippen LogP contribution in [0.2, 0.25) is 0 Å². The van der Waals surface area contributed by atoms with Crippen LogP contribution in [0.5, 0.6) is 0 Å². The molecule has 5 nitrogen and oxygen atoms in total. The quantitative estimate of drug-likeness (QED) is 0.475. The van der Waals surface area contributed by atoms with Gasteiger partial charge in [-0.25, -0.2) is 4.39 Å². The Labute approximate surface area is 236 Å².